The number of sulfonamides is 1. The average molecular weight is 360 g/mol. The highest BCUT2D eigenvalue weighted by atomic mass is 32.2. The van der Waals surface area contributed by atoms with Crippen molar-refractivity contribution in [2.24, 2.45) is 7.05 Å². The van der Waals surface area contributed by atoms with Crippen LogP contribution in [0.25, 0.3) is 0 Å². The van der Waals surface area contributed by atoms with Crippen molar-refractivity contribution >= 4 is 18.3 Å². The first-order chi connectivity index (χ1) is 10.4. The maximum Gasteiger partial charge on any atom is 0.262 e. The van der Waals surface area contributed by atoms with Gasteiger partial charge >= 0.3 is 0 Å². The lowest BCUT2D eigenvalue weighted by Crippen LogP contribution is -2.50. The molecule has 0 N–H and O–H groups in total. The minimum atomic E-state index is -3.53. The van der Waals surface area contributed by atoms with E-state index < -0.39 is 18.3 Å². The fourth-order valence-electron chi connectivity index (χ4n) is 2.47. The van der Waals surface area contributed by atoms with Crippen LogP contribution in [0.5, 0.6) is 0 Å². The second-order valence-corrected chi connectivity index (χ2v) is 14.5. The van der Waals surface area contributed by atoms with Crippen molar-refractivity contribution in [3.05, 3.63) is 12.5 Å². The molecule has 0 radical (unpaired) electrons. The van der Waals surface area contributed by atoms with Crippen molar-refractivity contribution in [3.8, 4) is 0 Å². The zero-order chi connectivity index (χ0) is 17.5. The molecule has 2 rings (SSSR count). The third-order valence-electron chi connectivity index (χ3n) is 4.89. The molecule has 1 fully saturated rings. The molecule has 6 nitrogen and oxygen atoms in total. The van der Waals surface area contributed by atoms with Crippen LogP contribution in [0.4, 0.5) is 0 Å². The van der Waals surface area contributed by atoms with E-state index in [1.165, 1.54) is 10.6 Å². The normalized spacial score (nSPS) is 21.6. The van der Waals surface area contributed by atoms with Gasteiger partial charge in [0.25, 0.3) is 10.0 Å². The fourth-order valence-corrected chi connectivity index (χ4v) is 5.32. The van der Waals surface area contributed by atoms with Gasteiger partial charge in [-0.2, -0.15) is 4.31 Å². The number of nitrogens with zero attached hydrogens (tertiary/aromatic N) is 3. The Labute approximate surface area is 141 Å². The van der Waals surface area contributed by atoms with E-state index in [-0.39, 0.29) is 16.2 Å². The van der Waals surface area contributed by atoms with Crippen LogP contribution < -0.4 is 0 Å². The Bertz CT molecular complexity index is 649. The molecule has 0 bridgehead atoms. The van der Waals surface area contributed by atoms with Crippen molar-refractivity contribution in [2.75, 3.05) is 13.1 Å². The number of imidazole rings is 1. The summed E-state index contributed by atoms with van der Waals surface area (Å²) in [5.41, 5.74) is 0. The van der Waals surface area contributed by atoms with Gasteiger partial charge in [0.2, 0.25) is 0 Å². The highest BCUT2D eigenvalue weighted by Crippen LogP contribution is 2.38. The van der Waals surface area contributed by atoms with Crippen molar-refractivity contribution < 1.29 is 12.8 Å². The monoisotopic (exact) mass is 359 g/mol. The highest BCUT2D eigenvalue weighted by Gasteiger charge is 2.41. The molecule has 0 spiro atoms. The number of hydrogen-bond donors (Lipinski definition) is 0. The molecule has 1 atom stereocenters. The Morgan fingerprint density at radius 3 is 2.52 bits per heavy atom. The number of aromatic nitrogens is 2. The van der Waals surface area contributed by atoms with Crippen LogP contribution in [-0.2, 0) is 21.5 Å². The Balaban J connectivity index is 2.12. The Morgan fingerprint density at radius 1 is 1.35 bits per heavy atom. The van der Waals surface area contributed by atoms with Gasteiger partial charge in [0.05, 0.1) is 12.4 Å². The number of piperidine rings is 1. The van der Waals surface area contributed by atoms with Gasteiger partial charge in [-0.15, -0.1) is 0 Å². The second-order valence-electron chi connectivity index (χ2n) is 7.88. The van der Waals surface area contributed by atoms with Gasteiger partial charge in [-0.25, -0.2) is 13.4 Å². The number of hydrogen-bond acceptors (Lipinski definition) is 4. The molecule has 2 heterocycles. The zero-order valence-electron chi connectivity index (χ0n) is 15.0. The van der Waals surface area contributed by atoms with Gasteiger partial charge in [-0.05, 0) is 31.0 Å². The molecule has 0 saturated carbocycles. The van der Waals surface area contributed by atoms with Crippen molar-refractivity contribution in [1.29, 1.82) is 0 Å². The maximum absolute atomic E-state index is 12.7. The first-order valence-corrected chi connectivity index (χ1v) is 12.4. The van der Waals surface area contributed by atoms with Gasteiger partial charge in [0.1, 0.15) is 0 Å². The molecule has 23 heavy (non-hydrogen) atoms. The van der Waals surface area contributed by atoms with Gasteiger partial charge in [-0.3, -0.25) is 0 Å². The minimum Gasteiger partial charge on any atom is -0.413 e. The van der Waals surface area contributed by atoms with Gasteiger partial charge < -0.3 is 8.99 Å². The molecule has 0 aromatic carbocycles. The van der Waals surface area contributed by atoms with E-state index in [4.69, 9.17) is 4.43 Å². The second kappa shape index (κ2) is 6.31. The summed E-state index contributed by atoms with van der Waals surface area (Å²) in [5, 5.41) is 0.239. The van der Waals surface area contributed by atoms with Crippen LogP contribution in [-0.4, -0.2) is 49.8 Å². The average Bonchev–Trinajstić information content (AvgIpc) is 2.84. The third kappa shape index (κ3) is 4.04. The van der Waals surface area contributed by atoms with Crippen LogP contribution in [0, 0.1) is 0 Å². The largest absolute Gasteiger partial charge is 0.413 e. The van der Waals surface area contributed by atoms with E-state index in [1.54, 1.807) is 17.8 Å². The third-order valence-corrected chi connectivity index (χ3v) is 11.2. The zero-order valence-corrected chi connectivity index (χ0v) is 16.9. The molecule has 1 aromatic rings. The Hall–Kier alpha value is -0.703. The molecular formula is C15H29N3O3SSi. The summed E-state index contributed by atoms with van der Waals surface area (Å²) in [6.45, 7) is 12.0. The van der Waals surface area contributed by atoms with E-state index in [1.807, 2.05) is 0 Å². The molecule has 0 amide bonds. The van der Waals surface area contributed by atoms with Crippen LogP contribution in [0.1, 0.15) is 33.6 Å². The van der Waals surface area contributed by atoms with E-state index >= 15 is 0 Å². The molecule has 1 saturated heterocycles. The lowest BCUT2D eigenvalue weighted by molar-refractivity contribution is 0.115. The molecule has 0 unspecified atom stereocenters. The minimum absolute atomic E-state index is 0.0249. The molecule has 8 heteroatoms. The van der Waals surface area contributed by atoms with Crippen LogP contribution in [0.15, 0.2) is 17.6 Å². The molecular weight excluding hydrogens is 330 g/mol. The fraction of sp³-hybridized carbons (Fsp3) is 0.800. The van der Waals surface area contributed by atoms with E-state index in [2.05, 4.69) is 38.8 Å². The highest BCUT2D eigenvalue weighted by molar-refractivity contribution is 7.89. The Morgan fingerprint density at radius 2 is 2.00 bits per heavy atom. The topological polar surface area (TPSA) is 64.4 Å². The summed E-state index contributed by atoms with van der Waals surface area (Å²) in [4.78, 5) is 4.00. The van der Waals surface area contributed by atoms with Crippen molar-refractivity contribution in [3.63, 3.8) is 0 Å². The first kappa shape index (κ1) is 18.6. The number of aryl methyl sites for hydroxylation is 1. The summed E-state index contributed by atoms with van der Waals surface area (Å²) >= 11 is 0. The summed E-state index contributed by atoms with van der Waals surface area (Å²) in [5.74, 6) is 0. The van der Waals surface area contributed by atoms with E-state index in [0.29, 0.717) is 13.1 Å². The number of rotatable bonds is 4. The molecule has 0 aliphatic carbocycles. The van der Waals surface area contributed by atoms with Crippen LogP contribution >= 0.6 is 0 Å². The molecule has 1 aliphatic rings. The SMILES string of the molecule is Cn1cnc(S(=O)(=O)N2CCC[C@@H](O[Si](C)(C)C(C)(C)C)C2)c1. The first-order valence-electron chi connectivity index (χ1n) is 8.09. The van der Waals surface area contributed by atoms with Crippen LogP contribution in [0.2, 0.25) is 18.1 Å². The van der Waals surface area contributed by atoms with Crippen LogP contribution in [0.3, 0.4) is 0 Å². The maximum atomic E-state index is 12.7. The lowest BCUT2D eigenvalue weighted by Gasteiger charge is -2.42. The van der Waals surface area contributed by atoms with Crippen molar-refractivity contribution in [2.45, 2.75) is 62.9 Å². The summed E-state index contributed by atoms with van der Waals surface area (Å²) in [6.07, 6.45) is 4.78. The van der Waals surface area contributed by atoms with Gasteiger partial charge in [-0.1, -0.05) is 20.8 Å². The summed E-state index contributed by atoms with van der Waals surface area (Å²) < 4.78 is 35.0. The van der Waals surface area contributed by atoms with E-state index in [0.717, 1.165) is 12.8 Å². The quantitative estimate of drug-likeness (QED) is 0.775. The summed E-state index contributed by atoms with van der Waals surface area (Å²) in [6, 6.07) is 0. The lowest BCUT2D eigenvalue weighted by atomic mass is 10.1. The van der Waals surface area contributed by atoms with E-state index in [9.17, 15) is 8.42 Å². The molecule has 1 aromatic heterocycles. The van der Waals surface area contributed by atoms with Crippen molar-refractivity contribution in [1.82, 2.24) is 13.9 Å². The standard InChI is InChI=1S/C15H29N3O3SSi/c1-15(2,3)23(5,6)21-13-8-7-9-18(10-13)22(19,20)14-11-17(4)12-16-14/h11-13H,7-10H2,1-6H3/t13-/m1/s1. The molecule has 132 valence electrons. The summed E-state index contributed by atoms with van der Waals surface area (Å²) in [7, 11) is -3.66. The predicted octanol–water partition coefficient (Wildman–Crippen LogP) is 2.59. The Kier molecular flexibility index (Phi) is 5.11. The predicted molar refractivity (Wildman–Crippen MR) is 93.3 cm³/mol. The van der Waals surface area contributed by atoms with Gasteiger partial charge in [0.15, 0.2) is 13.3 Å². The molecule has 1 aliphatic heterocycles. The smallest absolute Gasteiger partial charge is 0.262 e. The van der Waals surface area contributed by atoms with Gasteiger partial charge in [0, 0.05) is 26.3 Å².